The van der Waals surface area contributed by atoms with Gasteiger partial charge >= 0.3 is 6.09 Å². The lowest BCUT2D eigenvalue weighted by Crippen LogP contribution is -2.46. The van der Waals surface area contributed by atoms with E-state index in [4.69, 9.17) is 9.94 Å². The van der Waals surface area contributed by atoms with E-state index < -0.39 is 6.09 Å². The zero-order chi connectivity index (χ0) is 9.31. The third-order valence-corrected chi connectivity index (χ3v) is 2.73. The maximum Gasteiger partial charge on any atom is 0.407 e. The molecule has 0 atom stereocenters. The van der Waals surface area contributed by atoms with Crippen LogP contribution >= 0.6 is 0 Å². The number of rotatable bonds is 0. The van der Waals surface area contributed by atoms with E-state index in [9.17, 15) is 4.79 Å². The summed E-state index contributed by atoms with van der Waals surface area (Å²) < 4.78 is 0. The lowest BCUT2D eigenvalue weighted by Gasteiger charge is -2.35. The largest absolute Gasteiger partial charge is 0.465 e. The maximum absolute atomic E-state index is 10.6. The van der Waals surface area contributed by atoms with Crippen LogP contribution in [0.25, 0.3) is 0 Å². The Labute approximate surface area is 76.0 Å². The van der Waals surface area contributed by atoms with E-state index in [1.807, 2.05) is 0 Å². The summed E-state index contributed by atoms with van der Waals surface area (Å²) in [6.45, 7) is 1.11. The molecule has 5 heteroatoms. The predicted octanol–water partition coefficient (Wildman–Crippen LogP) is 0.905. The van der Waals surface area contributed by atoms with Crippen molar-refractivity contribution in [3.8, 4) is 0 Å². The zero-order valence-electron chi connectivity index (χ0n) is 7.27. The molecule has 2 rings (SSSR count). The number of oxime groups is 1. The molecule has 1 spiro atoms. The van der Waals surface area contributed by atoms with Crippen LogP contribution in [0, 0.1) is 0 Å². The van der Waals surface area contributed by atoms with Gasteiger partial charge in [0.1, 0.15) is 5.60 Å². The van der Waals surface area contributed by atoms with Gasteiger partial charge in [-0.3, -0.25) is 0 Å². The van der Waals surface area contributed by atoms with Gasteiger partial charge in [-0.2, -0.15) is 0 Å². The number of hydrogen-bond acceptors (Lipinski definition) is 3. The van der Waals surface area contributed by atoms with Crippen LogP contribution in [0.15, 0.2) is 5.16 Å². The van der Waals surface area contributed by atoms with Crippen LogP contribution in [-0.4, -0.2) is 41.0 Å². The second kappa shape index (κ2) is 2.90. The Hall–Kier alpha value is -1.26. The highest BCUT2D eigenvalue weighted by atomic mass is 16.7. The minimum absolute atomic E-state index is 0.189. The van der Waals surface area contributed by atoms with Crippen molar-refractivity contribution in [3.05, 3.63) is 0 Å². The molecule has 1 amide bonds. The normalized spacial score (nSPS) is 24.8. The third-order valence-electron chi connectivity index (χ3n) is 2.73. The van der Waals surface area contributed by atoms with Crippen LogP contribution < -0.4 is 0 Å². The minimum atomic E-state index is -0.839. The van der Waals surface area contributed by atoms with Gasteiger partial charge in [0.15, 0.2) is 0 Å². The number of carbonyl (C=O) groups is 1. The molecule has 1 fully saturated rings. The molecule has 2 aliphatic rings. The van der Waals surface area contributed by atoms with Crippen LogP contribution in [0.4, 0.5) is 4.79 Å². The highest BCUT2D eigenvalue weighted by Gasteiger charge is 2.39. The molecule has 2 aliphatic heterocycles. The van der Waals surface area contributed by atoms with Crippen LogP contribution in [0.3, 0.4) is 0 Å². The Morgan fingerprint density at radius 1 is 1.54 bits per heavy atom. The molecule has 72 valence electrons. The van der Waals surface area contributed by atoms with Crippen molar-refractivity contribution in [2.75, 3.05) is 13.1 Å². The van der Waals surface area contributed by atoms with E-state index in [0.717, 1.165) is 19.3 Å². The van der Waals surface area contributed by atoms with Crippen LogP contribution in [0.5, 0.6) is 0 Å². The standard InChI is InChI=1S/C8H12N2O3/c11-7(12)10-5-2-8(3-6-10)1-4-9-13-8/h4H,1-3,5-6H2,(H,11,12). The van der Waals surface area contributed by atoms with Gasteiger partial charge in [-0.15, -0.1) is 0 Å². The Balaban J connectivity index is 1.92. The van der Waals surface area contributed by atoms with Crippen molar-refractivity contribution in [3.63, 3.8) is 0 Å². The molecule has 1 saturated heterocycles. The monoisotopic (exact) mass is 184 g/mol. The van der Waals surface area contributed by atoms with Gasteiger partial charge in [0, 0.05) is 38.6 Å². The summed E-state index contributed by atoms with van der Waals surface area (Å²) in [4.78, 5) is 17.3. The Bertz CT molecular complexity index is 234. The molecule has 0 bridgehead atoms. The van der Waals surface area contributed by atoms with Gasteiger partial charge < -0.3 is 14.8 Å². The fourth-order valence-electron chi connectivity index (χ4n) is 1.79. The van der Waals surface area contributed by atoms with Gasteiger partial charge in [0.2, 0.25) is 0 Å². The van der Waals surface area contributed by atoms with Crippen molar-refractivity contribution >= 4 is 12.3 Å². The first-order valence-electron chi connectivity index (χ1n) is 4.40. The molecule has 2 heterocycles. The van der Waals surface area contributed by atoms with Gasteiger partial charge in [0.25, 0.3) is 0 Å². The van der Waals surface area contributed by atoms with Gasteiger partial charge in [-0.05, 0) is 0 Å². The van der Waals surface area contributed by atoms with Crippen LogP contribution in [0.1, 0.15) is 19.3 Å². The minimum Gasteiger partial charge on any atom is -0.465 e. The Morgan fingerprint density at radius 3 is 2.69 bits per heavy atom. The van der Waals surface area contributed by atoms with Crippen molar-refractivity contribution in [1.82, 2.24) is 4.90 Å². The number of nitrogens with zero attached hydrogens (tertiary/aromatic N) is 2. The second-order valence-electron chi connectivity index (χ2n) is 3.54. The summed E-state index contributed by atoms with van der Waals surface area (Å²) in [5.41, 5.74) is -0.189. The van der Waals surface area contributed by atoms with Crippen molar-refractivity contribution in [1.29, 1.82) is 0 Å². The third kappa shape index (κ3) is 1.46. The maximum atomic E-state index is 10.6. The summed E-state index contributed by atoms with van der Waals surface area (Å²) >= 11 is 0. The molecule has 5 nitrogen and oxygen atoms in total. The van der Waals surface area contributed by atoms with E-state index in [-0.39, 0.29) is 5.60 Å². The van der Waals surface area contributed by atoms with E-state index in [1.54, 1.807) is 6.21 Å². The number of amides is 1. The van der Waals surface area contributed by atoms with Crippen LogP contribution in [-0.2, 0) is 4.84 Å². The first kappa shape index (κ1) is 8.34. The molecule has 0 aromatic carbocycles. The van der Waals surface area contributed by atoms with E-state index in [2.05, 4.69) is 5.16 Å². The molecule has 0 saturated carbocycles. The summed E-state index contributed by atoms with van der Waals surface area (Å²) in [5, 5.41) is 12.5. The Morgan fingerprint density at radius 2 is 2.23 bits per heavy atom. The van der Waals surface area contributed by atoms with Crippen molar-refractivity contribution < 1.29 is 14.7 Å². The van der Waals surface area contributed by atoms with E-state index in [1.165, 1.54) is 4.90 Å². The summed E-state index contributed by atoms with van der Waals surface area (Å²) in [5.74, 6) is 0. The molecule has 0 unspecified atom stereocenters. The van der Waals surface area contributed by atoms with Gasteiger partial charge in [-0.25, -0.2) is 4.79 Å². The van der Waals surface area contributed by atoms with Gasteiger partial charge in [-0.1, -0.05) is 5.16 Å². The second-order valence-corrected chi connectivity index (χ2v) is 3.54. The average Bonchev–Trinajstić information content (AvgIpc) is 2.54. The van der Waals surface area contributed by atoms with Crippen molar-refractivity contribution in [2.45, 2.75) is 24.9 Å². The number of piperidine rings is 1. The molecule has 1 N–H and O–H groups in total. The van der Waals surface area contributed by atoms with E-state index in [0.29, 0.717) is 13.1 Å². The molecule has 0 aliphatic carbocycles. The predicted molar refractivity (Wildman–Crippen MR) is 45.8 cm³/mol. The molecular formula is C8H12N2O3. The lowest BCUT2D eigenvalue weighted by atomic mass is 9.89. The fraction of sp³-hybridized carbons (Fsp3) is 0.750. The van der Waals surface area contributed by atoms with Crippen LogP contribution in [0.2, 0.25) is 0 Å². The van der Waals surface area contributed by atoms with E-state index >= 15 is 0 Å². The highest BCUT2D eigenvalue weighted by Crippen LogP contribution is 2.32. The first-order chi connectivity index (χ1) is 6.22. The number of likely N-dealkylation sites (tertiary alicyclic amines) is 1. The Kier molecular flexibility index (Phi) is 1.86. The summed E-state index contributed by atoms with van der Waals surface area (Å²) in [7, 11) is 0. The smallest absolute Gasteiger partial charge is 0.407 e. The van der Waals surface area contributed by atoms with Gasteiger partial charge in [0.05, 0.1) is 0 Å². The SMILES string of the molecule is O=C(O)N1CCC2(CC=NO2)CC1. The molecule has 0 aromatic rings. The lowest BCUT2D eigenvalue weighted by molar-refractivity contribution is -0.0575. The fourth-order valence-corrected chi connectivity index (χ4v) is 1.79. The summed E-state index contributed by atoms with van der Waals surface area (Å²) in [6.07, 6.45) is 3.24. The zero-order valence-corrected chi connectivity index (χ0v) is 7.27. The highest BCUT2D eigenvalue weighted by molar-refractivity contribution is 5.65. The number of hydrogen-bond donors (Lipinski definition) is 1. The molecule has 0 aromatic heterocycles. The topological polar surface area (TPSA) is 62.1 Å². The van der Waals surface area contributed by atoms with Crippen molar-refractivity contribution in [2.24, 2.45) is 5.16 Å². The molecule has 0 radical (unpaired) electrons. The molecule has 13 heavy (non-hydrogen) atoms. The average molecular weight is 184 g/mol. The quantitative estimate of drug-likeness (QED) is 0.608. The first-order valence-corrected chi connectivity index (χ1v) is 4.40. The number of carboxylic acid groups (broad SMARTS) is 1. The molecular weight excluding hydrogens is 172 g/mol. The summed E-state index contributed by atoms with van der Waals surface area (Å²) in [6, 6.07) is 0.